The summed E-state index contributed by atoms with van der Waals surface area (Å²) in [5, 5.41) is 11.2. The van der Waals surface area contributed by atoms with E-state index in [0.29, 0.717) is 5.25 Å². The molecule has 0 unspecified atom stereocenters. The topological polar surface area (TPSA) is 20.2 Å². The van der Waals surface area contributed by atoms with E-state index in [0.717, 1.165) is 28.6 Å². The van der Waals surface area contributed by atoms with Crippen molar-refractivity contribution in [1.29, 1.82) is 0 Å². The largest absolute Gasteiger partial charge is 0.384 e. The zero-order chi connectivity index (χ0) is 10.9. The predicted octanol–water partition coefficient (Wildman–Crippen LogP) is 3.55. The van der Waals surface area contributed by atoms with Gasteiger partial charge in [0, 0.05) is 15.5 Å². The maximum Gasteiger partial charge on any atom is 0.0987 e. The van der Waals surface area contributed by atoms with Crippen molar-refractivity contribution in [3.63, 3.8) is 0 Å². The fraction of sp³-hybridized carbons (Fsp3) is 0.500. The van der Waals surface area contributed by atoms with Gasteiger partial charge in [-0.1, -0.05) is 35.0 Å². The lowest BCUT2D eigenvalue weighted by Crippen LogP contribution is -2.33. The van der Waals surface area contributed by atoms with Crippen molar-refractivity contribution in [2.24, 2.45) is 0 Å². The molecule has 1 fully saturated rings. The summed E-state index contributed by atoms with van der Waals surface area (Å²) in [6.07, 6.45) is 1.97. The van der Waals surface area contributed by atoms with Crippen molar-refractivity contribution in [2.45, 2.75) is 30.6 Å². The fourth-order valence-corrected chi connectivity index (χ4v) is 3.29. The highest BCUT2D eigenvalue weighted by Crippen LogP contribution is 2.38. The number of aliphatic hydroxyl groups is 1. The molecular formula is C12H15BrOS. The standard InChI is InChI=1S/C12H15BrOS/c1-9-6-7-12(14,8-15-9)10-2-4-11(13)5-3-10/h2-5,9,14H,6-8H2,1H3/t9-,12-/m1/s1. The van der Waals surface area contributed by atoms with Crippen LogP contribution in [0, 0.1) is 0 Å². The molecule has 0 amide bonds. The van der Waals surface area contributed by atoms with Gasteiger partial charge in [-0.2, -0.15) is 11.8 Å². The summed E-state index contributed by atoms with van der Waals surface area (Å²) in [5.41, 5.74) is 0.433. The number of benzene rings is 1. The van der Waals surface area contributed by atoms with Crippen LogP contribution in [-0.4, -0.2) is 16.1 Å². The maximum atomic E-state index is 10.5. The molecule has 2 rings (SSSR count). The lowest BCUT2D eigenvalue weighted by Gasteiger charge is -2.34. The fourth-order valence-electron chi connectivity index (χ4n) is 1.87. The number of hydrogen-bond donors (Lipinski definition) is 1. The van der Waals surface area contributed by atoms with Crippen molar-refractivity contribution in [2.75, 3.05) is 5.75 Å². The molecule has 1 heterocycles. The summed E-state index contributed by atoms with van der Waals surface area (Å²) < 4.78 is 1.06. The van der Waals surface area contributed by atoms with E-state index in [1.54, 1.807) is 0 Å². The minimum atomic E-state index is -0.613. The minimum absolute atomic E-state index is 0.613. The molecule has 3 heteroatoms. The third kappa shape index (κ3) is 2.58. The molecule has 1 aromatic carbocycles. The molecule has 1 N–H and O–H groups in total. The van der Waals surface area contributed by atoms with Crippen LogP contribution in [0.5, 0.6) is 0 Å². The Morgan fingerprint density at radius 1 is 1.40 bits per heavy atom. The lowest BCUT2D eigenvalue weighted by atomic mass is 9.90. The molecule has 1 aromatic rings. The number of halogens is 1. The molecule has 1 nitrogen and oxygen atoms in total. The Hall–Kier alpha value is 0.01000. The summed E-state index contributed by atoms with van der Waals surface area (Å²) >= 11 is 5.27. The highest BCUT2D eigenvalue weighted by Gasteiger charge is 2.33. The van der Waals surface area contributed by atoms with Gasteiger partial charge < -0.3 is 5.11 Å². The van der Waals surface area contributed by atoms with Crippen LogP contribution < -0.4 is 0 Å². The molecule has 1 aliphatic heterocycles. The first-order valence-corrected chi connectivity index (χ1v) is 7.04. The monoisotopic (exact) mass is 286 g/mol. The van der Waals surface area contributed by atoms with Crippen LogP contribution in [0.25, 0.3) is 0 Å². The van der Waals surface area contributed by atoms with Crippen LogP contribution >= 0.6 is 27.7 Å². The average Bonchev–Trinajstić information content (AvgIpc) is 2.24. The summed E-state index contributed by atoms with van der Waals surface area (Å²) in [7, 11) is 0. The Morgan fingerprint density at radius 3 is 2.60 bits per heavy atom. The van der Waals surface area contributed by atoms with Crippen molar-refractivity contribution in [3.8, 4) is 0 Å². The molecule has 82 valence electrons. The van der Waals surface area contributed by atoms with Gasteiger partial charge in [-0.15, -0.1) is 0 Å². The Kier molecular flexibility index (Phi) is 3.43. The SMILES string of the molecule is C[C@@H]1CC[C@](O)(c2ccc(Br)cc2)CS1. The second kappa shape index (κ2) is 4.48. The van der Waals surface area contributed by atoms with Crippen LogP contribution in [0.4, 0.5) is 0 Å². The van der Waals surface area contributed by atoms with Crippen LogP contribution in [0.1, 0.15) is 25.3 Å². The van der Waals surface area contributed by atoms with Crippen LogP contribution in [0.3, 0.4) is 0 Å². The van der Waals surface area contributed by atoms with Gasteiger partial charge >= 0.3 is 0 Å². The minimum Gasteiger partial charge on any atom is -0.384 e. The Bertz CT molecular complexity index is 328. The van der Waals surface area contributed by atoms with Gasteiger partial charge in [0.15, 0.2) is 0 Å². The Balaban J connectivity index is 2.18. The first-order chi connectivity index (χ1) is 7.10. The lowest BCUT2D eigenvalue weighted by molar-refractivity contribution is 0.0471. The van der Waals surface area contributed by atoms with E-state index in [-0.39, 0.29) is 0 Å². The van der Waals surface area contributed by atoms with Crippen molar-refractivity contribution in [1.82, 2.24) is 0 Å². The average molecular weight is 287 g/mol. The van der Waals surface area contributed by atoms with Crippen molar-refractivity contribution >= 4 is 27.7 Å². The molecule has 0 aliphatic carbocycles. The third-order valence-corrected chi connectivity index (χ3v) is 4.93. The van der Waals surface area contributed by atoms with Gasteiger partial charge in [0.2, 0.25) is 0 Å². The molecule has 2 atom stereocenters. The van der Waals surface area contributed by atoms with Crippen LogP contribution in [0.15, 0.2) is 28.7 Å². The Morgan fingerprint density at radius 2 is 2.07 bits per heavy atom. The first-order valence-electron chi connectivity index (χ1n) is 5.20. The summed E-state index contributed by atoms with van der Waals surface area (Å²) in [6, 6.07) is 8.02. The molecule has 0 radical (unpaired) electrons. The molecule has 1 saturated heterocycles. The van der Waals surface area contributed by atoms with E-state index in [1.807, 2.05) is 36.0 Å². The zero-order valence-corrected chi connectivity index (χ0v) is 11.1. The summed E-state index contributed by atoms with van der Waals surface area (Å²) in [4.78, 5) is 0. The molecule has 1 aliphatic rings. The maximum absolute atomic E-state index is 10.5. The Labute approximate surface area is 103 Å². The van der Waals surface area contributed by atoms with Crippen LogP contribution in [0.2, 0.25) is 0 Å². The van der Waals surface area contributed by atoms with E-state index >= 15 is 0 Å². The van der Waals surface area contributed by atoms with E-state index in [1.165, 1.54) is 0 Å². The molecule has 0 saturated carbocycles. The van der Waals surface area contributed by atoms with Gasteiger partial charge in [-0.25, -0.2) is 0 Å². The number of thioether (sulfide) groups is 1. The molecular weight excluding hydrogens is 272 g/mol. The second-order valence-electron chi connectivity index (χ2n) is 4.20. The van der Waals surface area contributed by atoms with Gasteiger partial charge in [-0.3, -0.25) is 0 Å². The zero-order valence-electron chi connectivity index (χ0n) is 8.74. The summed E-state index contributed by atoms with van der Waals surface area (Å²) in [5.74, 6) is 0.815. The van der Waals surface area contributed by atoms with Gasteiger partial charge in [0.1, 0.15) is 0 Å². The van der Waals surface area contributed by atoms with E-state index < -0.39 is 5.60 Å². The highest BCUT2D eigenvalue weighted by molar-refractivity contribution is 9.10. The van der Waals surface area contributed by atoms with E-state index in [2.05, 4.69) is 22.9 Å². The summed E-state index contributed by atoms with van der Waals surface area (Å²) in [6.45, 7) is 2.23. The number of hydrogen-bond acceptors (Lipinski definition) is 2. The second-order valence-corrected chi connectivity index (χ2v) is 6.54. The van der Waals surface area contributed by atoms with Gasteiger partial charge in [0.25, 0.3) is 0 Å². The quantitative estimate of drug-likeness (QED) is 0.852. The highest BCUT2D eigenvalue weighted by atomic mass is 79.9. The van der Waals surface area contributed by atoms with Crippen molar-refractivity contribution < 1.29 is 5.11 Å². The molecule has 15 heavy (non-hydrogen) atoms. The number of rotatable bonds is 1. The third-order valence-electron chi connectivity index (χ3n) is 2.95. The normalized spacial score (nSPS) is 31.5. The van der Waals surface area contributed by atoms with E-state index in [9.17, 15) is 5.11 Å². The molecule has 0 spiro atoms. The first kappa shape index (κ1) is 11.5. The van der Waals surface area contributed by atoms with Gasteiger partial charge in [0.05, 0.1) is 5.60 Å². The van der Waals surface area contributed by atoms with Crippen LogP contribution in [-0.2, 0) is 5.60 Å². The van der Waals surface area contributed by atoms with E-state index in [4.69, 9.17) is 0 Å². The van der Waals surface area contributed by atoms with Crippen molar-refractivity contribution in [3.05, 3.63) is 34.3 Å². The van der Waals surface area contributed by atoms with Gasteiger partial charge in [-0.05, 0) is 30.5 Å². The predicted molar refractivity (Wildman–Crippen MR) is 69.2 cm³/mol. The smallest absolute Gasteiger partial charge is 0.0987 e. The molecule has 0 aromatic heterocycles. The molecule has 0 bridgehead atoms.